The maximum Gasteiger partial charge on any atom is 0.233 e. The van der Waals surface area contributed by atoms with Gasteiger partial charge in [0.1, 0.15) is 5.76 Å². The van der Waals surface area contributed by atoms with E-state index in [1.54, 1.807) is 12.3 Å². The number of likely N-dealkylation sites (tertiary alicyclic amines) is 1. The van der Waals surface area contributed by atoms with E-state index in [1.807, 2.05) is 22.5 Å². The van der Waals surface area contributed by atoms with Gasteiger partial charge >= 0.3 is 0 Å². The molecule has 0 spiro atoms. The van der Waals surface area contributed by atoms with Crippen LogP contribution in [0.15, 0.2) is 34.6 Å². The van der Waals surface area contributed by atoms with E-state index in [1.165, 1.54) is 18.2 Å². The molecule has 0 radical (unpaired) electrons. The minimum absolute atomic E-state index is 0.173. The minimum Gasteiger partial charge on any atom is -0.469 e. The van der Waals surface area contributed by atoms with Gasteiger partial charge in [-0.15, -0.1) is 16.8 Å². The van der Waals surface area contributed by atoms with Crippen LogP contribution in [0.4, 0.5) is 0 Å². The molecule has 0 aromatic carbocycles. The summed E-state index contributed by atoms with van der Waals surface area (Å²) in [6.07, 6.45) is 6.84. The van der Waals surface area contributed by atoms with Crippen molar-refractivity contribution in [3.63, 3.8) is 0 Å². The first-order chi connectivity index (χ1) is 12.1. The van der Waals surface area contributed by atoms with Crippen molar-refractivity contribution in [2.45, 2.75) is 50.9 Å². The molecule has 1 aliphatic heterocycles. The molecule has 3 rings (SSSR count). The highest BCUT2D eigenvalue weighted by Gasteiger charge is 2.24. The predicted octanol–water partition coefficient (Wildman–Crippen LogP) is 3.53. The van der Waals surface area contributed by atoms with Gasteiger partial charge in [-0.05, 0) is 39.2 Å². The number of hydrogen-bond donors (Lipinski definition) is 0. The van der Waals surface area contributed by atoms with E-state index in [9.17, 15) is 4.79 Å². The topological polar surface area (TPSA) is 64.2 Å². The summed E-state index contributed by atoms with van der Waals surface area (Å²) in [6.45, 7) is 9.29. The average molecular weight is 360 g/mol. The molecule has 1 fully saturated rings. The molecule has 3 heterocycles. The third-order valence-corrected chi connectivity index (χ3v) is 5.53. The van der Waals surface area contributed by atoms with Gasteiger partial charge < -0.3 is 9.32 Å². The number of furan rings is 1. The van der Waals surface area contributed by atoms with Crippen LogP contribution in [0.5, 0.6) is 0 Å². The highest BCUT2D eigenvalue weighted by atomic mass is 32.2. The number of carbonyl (C=O) groups excluding carboxylic acids is 1. The Balaban J connectivity index is 1.74. The molecule has 1 unspecified atom stereocenters. The number of aromatic nitrogens is 3. The Labute approximate surface area is 152 Å². The van der Waals surface area contributed by atoms with Gasteiger partial charge in [-0.1, -0.05) is 17.8 Å². The van der Waals surface area contributed by atoms with E-state index >= 15 is 0 Å². The summed E-state index contributed by atoms with van der Waals surface area (Å²) in [5, 5.41) is 9.32. The van der Waals surface area contributed by atoms with Crippen molar-refractivity contribution in [3.05, 3.63) is 30.7 Å². The number of allylic oxidation sites excluding steroid dienone is 1. The van der Waals surface area contributed by atoms with E-state index in [0.717, 1.165) is 41.7 Å². The second kappa shape index (κ2) is 7.91. The third kappa shape index (κ3) is 3.81. The van der Waals surface area contributed by atoms with Gasteiger partial charge in [0, 0.05) is 19.1 Å². The van der Waals surface area contributed by atoms with Crippen LogP contribution in [0.2, 0.25) is 0 Å². The predicted molar refractivity (Wildman–Crippen MR) is 98.4 cm³/mol. The summed E-state index contributed by atoms with van der Waals surface area (Å²) >= 11 is 1.43. The molecule has 1 saturated heterocycles. The SMILES string of the molecule is C=CCn1c(SCC(=O)N2CCCCC2C)nnc1-c1ccoc1C. The van der Waals surface area contributed by atoms with E-state index < -0.39 is 0 Å². The fourth-order valence-electron chi connectivity index (χ4n) is 3.18. The van der Waals surface area contributed by atoms with Gasteiger partial charge in [-0.3, -0.25) is 9.36 Å². The van der Waals surface area contributed by atoms with Crippen LogP contribution in [0, 0.1) is 6.92 Å². The maximum atomic E-state index is 12.6. The zero-order valence-corrected chi connectivity index (χ0v) is 15.6. The first kappa shape index (κ1) is 17.8. The number of rotatable bonds is 6. The van der Waals surface area contributed by atoms with Gasteiger partial charge in [0.2, 0.25) is 5.91 Å². The van der Waals surface area contributed by atoms with Crippen LogP contribution < -0.4 is 0 Å². The largest absolute Gasteiger partial charge is 0.469 e. The van der Waals surface area contributed by atoms with Crippen molar-refractivity contribution in [1.29, 1.82) is 0 Å². The first-order valence-electron chi connectivity index (χ1n) is 8.62. The van der Waals surface area contributed by atoms with Crippen molar-refractivity contribution in [3.8, 4) is 11.4 Å². The van der Waals surface area contributed by atoms with Crippen LogP contribution >= 0.6 is 11.8 Å². The van der Waals surface area contributed by atoms with E-state index in [4.69, 9.17) is 4.42 Å². The number of aryl methyl sites for hydroxylation is 1. The molecular formula is C18H24N4O2S. The molecule has 0 aliphatic carbocycles. The Kier molecular flexibility index (Phi) is 5.63. The van der Waals surface area contributed by atoms with Gasteiger partial charge in [-0.25, -0.2) is 0 Å². The molecule has 2 aromatic heterocycles. The molecule has 2 aromatic rings. The lowest BCUT2D eigenvalue weighted by atomic mass is 10.0. The molecule has 6 nitrogen and oxygen atoms in total. The van der Waals surface area contributed by atoms with Gasteiger partial charge in [0.15, 0.2) is 11.0 Å². The van der Waals surface area contributed by atoms with E-state index in [-0.39, 0.29) is 5.91 Å². The molecule has 1 atom stereocenters. The normalized spacial score (nSPS) is 17.7. The number of nitrogens with zero attached hydrogens (tertiary/aromatic N) is 4. The quantitative estimate of drug-likeness (QED) is 0.582. The molecule has 0 bridgehead atoms. The molecule has 7 heteroatoms. The van der Waals surface area contributed by atoms with Gasteiger partial charge in [0.05, 0.1) is 17.6 Å². The van der Waals surface area contributed by atoms with Crippen LogP contribution in [0.25, 0.3) is 11.4 Å². The highest BCUT2D eigenvalue weighted by molar-refractivity contribution is 7.99. The average Bonchev–Trinajstić information content (AvgIpc) is 3.19. The standard InChI is InChI=1S/C18H24N4O2S/c1-4-9-22-17(15-8-11-24-14(15)3)19-20-18(22)25-12-16(23)21-10-6-5-7-13(21)2/h4,8,11,13H,1,5-7,9-10,12H2,2-3H3. The number of carbonyl (C=O) groups is 1. The second-order valence-electron chi connectivity index (χ2n) is 6.32. The Hall–Kier alpha value is -2.02. The number of piperidine rings is 1. The highest BCUT2D eigenvalue weighted by Crippen LogP contribution is 2.27. The summed E-state index contributed by atoms with van der Waals surface area (Å²) in [5.74, 6) is 2.09. The van der Waals surface area contributed by atoms with E-state index in [0.29, 0.717) is 18.3 Å². The number of amides is 1. The molecule has 25 heavy (non-hydrogen) atoms. The molecular weight excluding hydrogens is 336 g/mol. The Morgan fingerprint density at radius 2 is 2.32 bits per heavy atom. The van der Waals surface area contributed by atoms with E-state index in [2.05, 4.69) is 23.7 Å². The van der Waals surface area contributed by atoms with Crippen molar-refractivity contribution in [2.24, 2.45) is 0 Å². The lowest BCUT2D eigenvalue weighted by Crippen LogP contribution is -2.43. The zero-order chi connectivity index (χ0) is 17.8. The molecule has 134 valence electrons. The summed E-state index contributed by atoms with van der Waals surface area (Å²) in [4.78, 5) is 14.5. The third-order valence-electron chi connectivity index (χ3n) is 4.58. The lowest BCUT2D eigenvalue weighted by molar-refractivity contribution is -0.131. The number of thioether (sulfide) groups is 1. The second-order valence-corrected chi connectivity index (χ2v) is 7.26. The van der Waals surface area contributed by atoms with Gasteiger partial charge in [0.25, 0.3) is 0 Å². The summed E-state index contributed by atoms with van der Waals surface area (Å²) in [6, 6.07) is 2.21. The zero-order valence-electron chi connectivity index (χ0n) is 14.8. The van der Waals surface area contributed by atoms with Crippen LogP contribution in [-0.2, 0) is 11.3 Å². The Morgan fingerprint density at radius 3 is 3.00 bits per heavy atom. The molecule has 0 saturated carbocycles. The van der Waals surface area contributed by atoms with Crippen LogP contribution in [-0.4, -0.2) is 43.9 Å². The van der Waals surface area contributed by atoms with Crippen molar-refractivity contribution >= 4 is 17.7 Å². The molecule has 1 amide bonds. The van der Waals surface area contributed by atoms with Gasteiger partial charge in [-0.2, -0.15) is 0 Å². The Morgan fingerprint density at radius 1 is 1.48 bits per heavy atom. The summed E-state index contributed by atoms with van der Waals surface area (Å²) < 4.78 is 7.35. The summed E-state index contributed by atoms with van der Waals surface area (Å²) in [5.41, 5.74) is 0.914. The molecule has 0 N–H and O–H groups in total. The maximum absolute atomic E-state index is 12.6. The van der Waals surface area contributed by atoms with Crippen molar-refractivity contribution in [2.75, 3.05) is 12.3 Å². The number of hydrogen-bond acceptors (Lipinski definition) is 5. The fourth-order valence-corrected chi connectivity index (χ4v) is 4.02. The van der Waals surface area contributed by atoms with Crippen molar-refractivity contribution in [1.82, 2.24) is 19.7 Å². The lowest BCUT2D eigenvalue weighted by Gasteiger charge is -2.33. The minimum atomic E-state index is 0.173. The first-order valence-corrected chi connectivity index (χ1v) is 9.61. The van der Waals surface area contributed by atoms with Crippen molar-refractivity contribution < 1.29 is 9.21 Å². The van der Waals surface area contributed by atoms with Crippen LogP contribution in [0.3, 0.4) is 0 Å². The smallest absolute Gasteiger partial charge is 0.233 e. The van der Waals surface area contributed by atoms with Crippen LogP contribution in [0.1, 0.15) is 31.9 Å². The summed E-state index contributed by atoms with van der Waals surface area (Å²) in [7, 11) is 0. The molecule has 1 aliphatic rings. The fraction of sp³-hybridized carbons (Fsp3) is 0.500. The monoisotopic (exact) mass is 360 g/mol. The Bertz CT molecular complexity index is 752.